The van der Waals surface area contributed by atoms with Gasteiger partial charge in [-0.2, -0.15) is 10.1 Å². The Morgan fingerprint density at radius 1 is 1.23 bits per heavy atom. The second-order valence-corrected chi connectivity index (χ2v) is 13.7. The Kier molecular flexibility index (Phi) is 5.79. The summed E-state index contributed by atoms with van der Waals surface area (Å²) in [5, 5.41) is 5.59. The number of aryl methyl sites for hydroxylation is 1. The molecule has 0 fully saturated rings. The van der Waals surface area contributed by atoms with E-state index < -0.39 is 8.07 Å². The number of hydrogen-bond acceptors (Lipinski definition) is 4. The average molecular weight is 392 g/mol. The second kappa shape index (κ2) is 7.90. The van der Waals surface area contributed by atoms with Gasteiger partial charge in [-0.3, -0.25) is 4.68 Å². The fraction of sp³-hybridized carbons (Fsp3) is 0.500. The monoisotopic (exact) mass is 391 g/mol. The molecule has 3 heterocycles. The van der Waals surface area contributed by atoms with Gasteiger partial charge in [0.05, 0.1) is 11.9 Å². The van der Waals surface area contributed by atoms with Crippen LogP contribution >= 0.6 is 11.6 Å². The molecule has 140 valence electrons. The number of halogens is 1. The average Bonchev–Trinajstić information content (AvgIpc) is 3.18. The first kappa shape index (κ1) is 19.1. The zero-order valence-electron chi connectivity index (χ0n) is 15.9. The summed E-state index contributed by atoms with van der Waals surface area (Å²) in [6, 6.07) is 3.16. The van der Waals surface area contributed by atoms with Crippen LogP contribution in [0.2, 0.25) is 31.0 Å². The highest BCUT2D eigenvalue weighted by Crippen LogP contribution is 2.28. The lowest BCUT2D eigenvalue weighted by atomic mass is 10.2. The van der Waals surface area contributed by atoms with Crippen molar-refractivity contribution in [3.8, 4) is 11.3 Å². The molecule has 0 atom stereocenters. The van der Waals surface area contributed by atoms with E-state index in [1.807, 2.05) is 33.9 Å². The maximum absolute atomic E-state index is 6.19. The minimum atomic E-state index is -1.09. The zero-order chi connectivity index (χ0) is 18.7. The highest BCUT2D eigenvalue weighted by molar-refractivity contribution is 6.76. The van der Waals surface area contributed by atoms with E-state index >= 15 is 0 Å². The van der Waals surface area contributed by atoms with E-state index in [4.69, 9.17) is 16.3 Å². The van der Waals surface area contributed by atoms with Crippen molar-refractivity contribution in [1.29, 1.82) is 0 Å². The van der Waals surface area contributed by atoms with Gasteiger partial charge in [0, 0.05) is 44.6 Å². The van der Waals surface area contributed by atoms with E-state index in [-0.39, 0.29) is 5.28 Å². The Morgan fingerprint density at radius 3 is 2.77 bits per heavy atom. The van der Waals surface area contributed by atoms with Crippen molar-refractivity contribution in [2.75, 3.05) is 6.61 Å². The van der Waals surface area contributed by atoms with Crippen LogP contribution in [0.15, 0.2) is 24.7 Å². The van der Waals surface area contributed by atoms with Crippen molar-refractivity contribution < 1.29 is 4.74 Å². The lowest BCUT2D eigenvalue weighted by molar-refractivity contribution is 0.0899. The summed E-state index contributed by atoms with van der Waals surface area (Å²) in [6.07, 6.45) is 6.84. The molecule has 0 aliphatic carbocycles. The third-order valence-corrected chi connectivity index (χ3v) is 6.05. The molecule has 3 aromatic rings. The van der Waals surface area contributed by atoms with Crippen molar-refractivity contribution in [1.82, 2.24) is 24.3 Å². The van der Waals surface area contributed by atoms with Gasteiger partial charge in [-0.15, -0.1) is 0 Å². The number of nitrogens with zero attached hydrogens (tertiary/aromatic N) is 5. The van der Waals surface area contributed by atoms with Crippen LogP contribution in [-0.2, 0) is 18.0 Å². The van der Waals surface area contributed by atoms with Crippen LogP contribution < -0.4 is 0 Å². The molecule has 0 bridgehead atoms. The minimum absolute atomic E-state index is 0.234. The Morgan fingerprint density at radius 2 is 2.04 bits per heavy atom. The molecule has 6 nitrogen and oxygen atoms in total. The second-order valence-electron chi connectivity index (χ2n) is 7.70. The highest BCUT2D eigenvalue weighted by Gasteiger charge is 2.15. The van der Waals surface area contributed by atoms with Gasteiger partial charge in [0.2, 0.25) is 5.28 Å². The molecule has 0 amide bonds. The maximum atomic E-state index is 6.19. The van der Waals surface area contributed by atoms with E-state index in [1.54, 1.807) is 0 Å². The Hall–Kier alpha value is -1.70. The molecule has 3 aromatic heterocycles. The Bertz CT molecular complexity index is 883. The van der Waals surface area contributed by atoms with Crippen LogP contribution in [0.25, 0.3) is 22.3 Å². The van der Waals surface area contributed by atoms with Crippen molar-refractivity contribution >= 4 is 30.7 Å². The summed E-state index contributed by atoms with van der Waals surface area (Å²) >= 11 is 6.19. The molecule has 0 aliphatic heterocycles. The topological polar surface area (TPSA) is 57.8 Å². The predicted octanol–water partition coefficient (Wildman–Crippen LogP) is 4.67. The van der Waals surface area contributed by atoms with E-state index in [2.05, 4.69) is 41.6 Å². The predicted molar refractivity (Wildman–Crippen MR) is 108 cm³/mol. The normalized spacial score (nSPS) is 12.2. The Balaban J connectivity index is 1.84. The van der Waals surface area contributed by atoms with Gasteiger partial charge in [-0.1, -0.05) is 26.6 Å². The van der Waals surface area contributed by atoms with Crippen molar-refractivity contribution in [3.63, 3.8) is 0 Å². The van der Waals surface area contributed by atoms with Crippen LogP contribution in [-0.4, -0.2) is 39.0 Å². The number of hydrogen-bond donors (Lipinski definition) is 0. The first-order valence-electron chi connectivity index (χ1n) is 9.00. The summed E-state index contributed by atoms with van der Waals surface area (Å²) < 4.78 is 9.76. The van der Waals surface area contributed by atoms with E-state index in [0.717, 1.165) is 47.9 Å². The van der Waals surface area contributed by atoms with Crippen LogP contribution in [0.1, 0.15) is 13.3 Å². The molecule has 26 heavy (non-hydrogen) atoms. The number of fused-ring (bicyclic) bond motifs is 1. The highest BCUT2D eigenvalue weighted by atomic mass is 35.5. The zero-order valence-corrected chi connectivity index (χ0v) is 17.6. The molecule has 0 spiro atoms. The summed E-state index contributed by atoms with van der Waals surface area (Å²) in [6.45, 7) is 11.3. The maximum Gasteiger partial charge on any atom is 0.224 e. The van der Waals surface area contributed by atoms with Gasteiger partial charge in [0.1, 0.15) is 12.4 Å². The molecule has 0 saturated carbocycles. The quantitative estimate of drug-likeness (QED) is 0.318. The van der Waals surface area contributed by atoms with E-state index in [0.29, 0.717) is 6.73 Å². The molecule has 0 unspecified atom stereocenters. The van der Waals surface area contributed by atoms with Gasteiger partial charge >= 0.3 is 0 Å². The van der Waals surface area contributed by atoms with Crippen LogP contribution in [0, 0.1) is 0 Å². The lowest BCUT2D eigenvalue weighted by Crippen LogP contribution is -2.22. The lowest BCUT2D eigenvalue weighted by Gasteiger charge is -2.15. The van der Waals surface area contributed by atoms with Crippen LogP contribution in [0.3, 0.4) is 0 Å². The van der Waals surface area contributed by atoms with Gasteiger partial charge in [0.25, 0.3) is 0 Å². The summed E-state index contributed by atoms with van der Waals surface area (Å²) in [4.78, 5) is 8.85. The molecule has 3 rings (SSSR count). The smallest absolute Gasteiger partial charge is 0.224 e. The largest absolute Gasteiger partial charge is 0.361 e. The SMILES string of the molecule is CCCn1cc(-c2nc(Cl)nc3c2ccn3COCC[Si](C)(C)C)cn1. The summed E-state index contributed by atoms with van der Waals surface area (Å²) in [5.41, 5.74) is 2.55. The van der Waals surface area contributed by atoms with Crippen molar-refractivity contribution in [2.24, 2.45) is 0 Å². The molecular formula is C18H26ClN5OSi. The first-order valence-corrected chi connectivity index (χ1v) is 13.1. The number of rotatable bonds is 8. The molecule has 8 heteroatoms. The first-order chi connectivity index (χ1) is 12.4. The minimum Gasteiger partial charge on any atom is -0.361 e. The molecule has 0 aromatic carbocycles. The van der Waals surface area contributed by atoms with Crippen molar-refractivity contribution in [3.05, 3.63) is 29.9 Å². The summed E-state index contributed by atoms with van der Waals surface area (Å²) in [7, 11) is -1.09. The third kappa shape index (κ3) is 4.52. The molecule has 0 aliphatic rings. The van der Waals surface area contributed by atoms with E-state index in [1.165, 1.54) is 0 Å². The number of ether oxygens (including phenoxy) is 1. The number of aromatic nitrogens is 5. The van der Waals surface area contributed by atoms with Crippen LogP contribution in [0.5, 0.6) is 0 Å². The van der Waals surface area contributed by atoms with Gasteiger partial charge in [0.15, 0.2) is 0 Å². The molecule has 0 saturated heterocycles. The Labute approximate surface area is 160 Å². The third-order valence-electron chi connectivity index (χ3n) is 4.18. The van der Waals surface area contributed by atoms with Gasteiger partial charge in [-0.25, -0.2) is 4.98 Å². The van der Waals surface area contributed by atoms with Crippen LogP contribution in [0.4, 0.5) is 0 Å². The molecule has 0 N–H and O–H groups in total. The van der Waals surface area contributed by atoms with Gasteiger partial charge < -0.3 is 9.30 Å². The van der Waals surface area contributed by atoms with E-state index in [9.17, 15) is 0 Å². The van der Waals surface area contributed by atoms with Gasteiger partial charge in [-0.05, 0) is 30.1 Å². The fourth-order valence-corrected chi connectivity index (χ4v) is 3.66. The molecular weight excluding hydrogens is 366 g/mol. The molecule has 0 radical (unpaired) electrons. The standard InChI is InChI=1S/C18H26ClN5OSi/c1-5-7-24-12-14(11-20-24)16-15-6-8-23(17(15)22-18(19)21-16)13-25-9-10-26(2,3)4/h6,8,11-12H,5,7,9-10,13H2,1-4H3. The fourth-order valence-electron chi connectivity index (χ4n) is 2.74. The van der Waals surface area contributed by atoms with Crippen molar-refractivity contribution in [2.45, 2.75) is 52.3 Å². The summed E-state index contributed by atoms with van der Waals surface area (Å²) in [5.74, 6) is 0.